The van der Waals surface area contributed by atoms with Crippen LogP contribution in [0.25, 0.3) is 0 Å². The molecule has 0 N–H and O–H groups in total. The fraction of sp³-hybridized carbons (Fsp3) is 0.478. The maximum absolute atomic E-state index is 13.1. The maximum atomic E-state index is 13.1. The molecule has 0 bridgehead atoms. The van der Waals surface area contributed by atoms with E-state index in [1.54, 1.807) is 18.8 Å². The normalized spacial score (nSPS) is 18.7. The van der Waals surface area contributed by atoms with Crippen LogP contribution < -0.4 is 15.0 Å². The van der Waals surface area contributed by atoms with Gasteiger partial charge < -0.3 is 18.9 Å². The molecule has 2 heterocycles. The molecule has 1 aromatic carbocycles. The monoisotopic (exact) mass is 396 g/mol. The van der Waals surface area contributed by atoms with Gasteiger partial charge in [-0.2, -0.15) is 0 Å². The lowest BCUT2D eigenvalue weighted by Gasteiger charge is -2.18. The molecule has 0 spiro atoms. The molecule has 2 aliphatic rings. The van der Waals surface area contributed by atoms with E-state index >= 15 is 0 Å². The highest BCUT2D eigenvalue weighted by molar-refractivity contribution is 5.95. The fourth-order valence-corrected chi connectivity index (χ4v) is 4.22. The Kier molecular flexibility index (Phi) is 5.35. The number of carbonyl (C=O) groups excluding carboxylic acids is 1. The third-order valence-electron chi connectivity index (χ3n) is 6.03. The van der Waals surface area contributed by atoms with Gasteiger partial charge >= 0.3 is 0 Å². The number of amides is 1. The van der Waals surface area contributed by atoms with E-state index in [-0.39, 0.29) is 17.5 Å². The highest BCUT2D eigenvalue weighted by Crippen LogP contribution is 2.34. The Bertz CT molecular complexity index is 977. The molecule has 6 nitrogen and oxygen atoms in total. The molecule has 154 valence electrons. The van der Waals surface area contributed by atoms with Crippen LogP contribution in [0.1, 0.15) is 46.8 Å². The van der Waals surface area contributed by atoms with E-state index in [2.05, 4.69) is 0 Å². The van der Waals surface area contributed by atoms with E-state index in [0.717, 1.165) is 42.6 Å². The molecule has 1 aliphatic carbocycles. The highest BCUT2D eigenvalue weighted by atomic mass is 16.5. The van der Waals surface area contributed by atoms with E-state index in [1.165, 1.54) is 0 Å². The fourth-order valence-electron chi connectivity index (χ4n) is 4.22. The minimum atomic E-state index is -0.138. The topological polar surface area (TPSA) is 60.8 Å². The number of likely N-dealkylation sites (tertiary alicyclic amines) is 1. The van der Waals surface area contributed by atoms with Crippen molar-refractivity contribution in [3.63, 3.8) is 0 Å². The van der Waals surface area contributed by atoms with E-state index in [4.69, 9.17) is 9.47 Å². The van der Waals surface area contributed by atoms with Crippen molar-refractivity contribution in [1.29, 1.82) is 0 Å². The van der Waals surface area contributed by atoms with E-state index in [1.807, 2.05) is 42.3 Å². The van der Waals surface area contributed by atoms with Crippen molar-refractivity contribution >= 4 is 5.91 Å². The van der Waals surface area contributed by atoms with Crippen molar-refractivity contribution in [1.82, 2.24) is 9.47 Å². The van der Waals surface area contributed by atoms with Crippen LogP contribution in [-0.2, 0) is 6.42 Å². The van der Waals surface area contributed by atoms with Crippen LogP contribution in [0, 0.1) is 12.8 Å². The van der Waals surface area contributed by atoms with Crippen molar-refractivity contribution < 1.29 is 14.3 Å². The van der Waals surface area contributed by atoms with Gasteiger partial charge in [0.25, 0.3) is 11.5 Å². The van der Waals surface area contributed by atoms with Gasteiger partial charge in [-0.25, -0.2) is 0 Å². The molecule has 1 aromatic heterocycles. The number of aryl methyl sites for hydroxylation is 1. The second kappa shape index (κ2) is 7.93. The zero-order chi connectivity index (χ0) is 20.5. The Hall–Kier alpha value is -2.76. The van der Waals surface area contributed by atoms with Gasteiger partial charge in [0, 0.05) is 25.3 Å². The number of aromatic nitrogens is 1. The van der Waals surface area contributed by atoms with Crippen LogP contribution in [-0.4, -0.2) is 42.7 Å². The van der Waals surface area contributed by atoms with E-state index in [9.17, 15) is 9.59 Å². The van der Waals surface area contributed by atoms with E-state index in [0.29, 0.717) is 30.3 Å². The summed E-state index contributed by atoms with van der Waals surface area (Å²) in [7, 11) is 3.26. The predicted molar refractivity (Wildman–Crippen MR) is 111 cm³/mol. The van der Waals surface area contributed by atoms with Crippen molar-refractivity contribution in [2.45, 2.75) is 38.6 Å². The molecule has 6 heteroatoms. The average Bonchev–Trinajstić information content (AvgIpc) is 3.45. The summed E-state index contributed by atoms with van der Waals surface area (Å²) in [5, 5.41) is 0. The molecular weight excluding hydrogens is 368 g/mol. The minimum Gasteiger partial charge on any atom is -0.493 e. The Morgan fingerprint density at radius 1 is 1.10 bits per heavy atom. The summed E-state index contributed by atoms with van der Waals surface area (Å²) in [6.45, 7) is 3.21. The summed E-state index contributed by atoms with van der Waals surface area (Å²) in [5.74, 6) is 1.67. The summed E-state index contributed by atoms with van der Waals surface area (Å²) < 4.78 is 12.4. The van der Waals surface area contributed by atoms with Gasteiger partial charge in [0.15, 0.2) is 11.5 Å². The molecule has 2 aromatic rings. The number of nitrogens with zero attached hydrogens (tertiary/aromatic N) is 2. The first kappa shape index (κ1) is 19.6. The van der Waals surface area contributed by atoms with Crippen LogP contribution in [0.2, 0.25) is 0 Å². The number of benzene rings is 1. The molecule has 1 saturated carbocycles. The second-order valence-corrected chi connectivity index (χ2v) is 8.12. The lowest BCUT2D eigenvalue weighted by molar-refractivity contribution is 0.0784. The number of carbonyl (C=O) groups is 1. The number of hydrogen-bond acceptors (Lipinski definition) is 4. The third-order valence-corrected chi connectivity index (χ3v) is 6.03. The molecule has 29 heavy (non-hydrogen) atoms. The lowest BCUT2D eigenvalue weighted by atomic mass is 9.98. The van der Waals surface area contributed by atoms with Gasteiger partial charge in [-0.3, -0.25) is 9.59 Å². The van der Waals surface area contributed by atoms with Crippen molar-refractivity contribution in [3.8, 4) is 11.5 Å². The van der Waals surface area contributed by atoms with Crippen LogP contribution in [0.15, 0.2) is 35.3 Å². The largest absolute Gasteiger partial charge is 0.493 e. The second-order valence-electron chi connectivity index (χ2n) is 8.12. The maximum Gasteiger partial charge on any atom is 0.263 e. The number of pyridine rings is 1. The van der Waals surface area contributed by atoms with Crippen molar-refractivity contribution in [2.24, 2.45) is 5.92 Å². The molecule has 1 saturated heterocycles. The minimum absolute atomic E-state index is 0.127. The molecule has 1 amide bonds. The summed E-state index contributed by atoms with van der Waals surface area (Å²) >= 11 is 0. The van der Waals surface area contributed by atoms with Crippen LogP contribution in [0.5, 0.6) is 11.5 Å². The van der Waals surface area contributed by atoms with Crippen LogP contribution in [0.4, 0.5) is 0 Å². The van der Waals surface area contributed by atoms with E-state index < -0.39 is 0 Å². The molecule has 4 rings (SSSR count). The van der Waals surface area contributed by atoms with Gasteiger partial charge in [0.05, 0.1) is 14.2 Å². The molecule has 2 fully saturated rings. The number of rotatable bonds is 6. The van der Waals surface area contributed by atoms with Gasteiger partial charge in [0.2, 0.25) is 0 Å². The number of hydrogen-bond donors (Lipinski definition) is 0. The molecule has 1 atom stereocenters. The number of methoxy groups -OCH3 is 2. The Morgan fingerprint density at radius 3 is 2.55 bits per heavy atom. The van der Waals surface area contributed by atoms with Gasteiger partial charge in [-0.15, -0.1) is 0 Å². The van der Waals surface area contributed by atoms with Crippen molar-refractivity contribution in [2.75, 3.05) is 27.3 Å². The molecule has 0 radical (unpaired) electrons. The smallest absolute Gasteiger partial charge is 0.263 e. The van der Waals surface area contributed by atoms with Gasteiger partial charge in [0.1, 0.15) is 5.56 Å². The molecule has 1 unspecified atom stereocenters. The SMILES string of the molecule is COc1ccc(CC2CCN(C(=O)c3c(C)ccn(C4CC4)c3=O)C2)cc1OC. The summed E-state index contributed by atoms with van der Waals surface area (Å²) in [6, 6.07) is 8.12. The average molecular weight is 396 g/mol. The van der Waals surface area contributed by atoms with Gasteiger partial charge in [-0.1, -0.05) is 6.07 Å². The number of ether oxygens (including phenoxy) is 2. The Morgan fingerprint density at radius 2 is 1.86 bits per heavy atom. The van der Waals surface area contributed by atoms with Crippen LogP contribution >= 0.6 is 0 Å². The summed E-state index contributed by atoms with van der Waals surface area (Å²) in [4.78, 5) is 27.8. The Labute approximate surface area is 171 Å². The standard InChI is InChI=1S/C23H28N2O4/c1-15-8-11-25(18-5-6-18)23(27)21(15)22(26)24-10-9-17(14-24)12-16-4-7-19(28-2)20(13-16)29-3/h4,7-8,11,13,17-18H,5-6,9-10,12,14H2,1-3H3. The first-order valence-electron chi connectivity index (χ1n) is 10.2. The molecular formula is C23H28N2O4. The van der Waals surface area contributed by atoms with Crippen LogP contribution in [0.3, 0.4) is 0 Å². The zero-order valence-corrected chi connectivity index (χ0v) is 17.3. The summed E-state index contributed by atoms with van der Waals surface area (Å²) in [5.41, 5.74) is 2.13. The predicted octanol–water partition coefficient (Wildman–Crippen LogP) is 3.21. The molecule has 1 aliphatic heterocycles. The quantitative estimate of drug-likeness (QED) is 0.752. The lowest BCUT2D eigenvalue weighted by Crippen LogP contribution is -2.36. The summed E-state index contributed by atoms with van der Waals surface area (Å²) in [6.07, 6.45) is 5.67. The highest BCUT2D eigenvalue weighted by Gasteiger charge is 2.32. The van der Waals surface area contributed by atoms with Gasteiger partial charge in [-0.05, 0) is 67.9 Å². The first-order valence-corrected chi connectivity index (χ1v) is 10.2. The zero-order valence-electron chi connectivity index (χ0n) is 17.3. The third kappa shape index (κ3) is 3.88. The first-order chi connectivity index (χ1) is 14.0. The van der Waals surface area contributed by atoms with Crippen molar-refractivity contribution in [3.05, 3.63) is 57.5 Å². The Balaban J connectivity index is 1.47.